The zero-order valence-electron chi connectivity index (χ0n) is 16.8. The van der Waals surface area contributed by atoms with Gasteiger partial charge in [-0.05, 0) is 54.8 Å². The first kappa shape index (κ1) is 20.5. The Bertz CT molecular complexity index is 890. The third-order valence-electron chi connectivity index (χ3n) is 4.70. The minimum atomic E-state index is -0.183. The standard InChI is InChI=1S/C23H26N2O4/c1-3-29-21-15-17(8-12-20(21)28-2)9-13-22(26)24-16-18-6-10-19(11-7-18)25-14-4-5-23(25)27/h6-13,15H,3-5,14,16H2,1-2H3,(H,24,26)/b13-9+. The fourth-order valence-electron chi connectivity index (χ4n) is 3.20. The SMILES string of the molecule is CCOc1cc(/C=C/C(=O)NCc2ccc(N3CCCC3=O)cc2)ccc1OC. The molecule has 0 atom stereocenters. The minimum absolute atomic E-state index is 0.169. The molecule has 3 rings (SSSR count). The van der Waals surface area contributed by atoms with Crippen molar-refractivity contribution in [2.24, 2.45) is 0 Å². The molecule has 1 fully saturated rings. The van der Waals surface area contributed by atoms with Crippen LogP contribution < -0.4 is 19.7 Å². The third kappa shape index (κ3) is 5.38. The summed E-state index contributed by atoms with van der Waals surface area (Å²) in [5.74, 6) is 1.29. The summed E-state index contributed by atoms with van der Waals surface area (Å²) in [7, 11) is 1.59. The number of rotatable bonds is 8. The van der Waals surface area contributed by atoms with E-state index >= 15 is 0 Å². The van der Waals surface area contributed by atoms with Gasteiger partial charge >= 0.3 is 0 Å². The summed E-state index contributed by atoms with van der Waals surface area (Å²) in [6.45, 7) is 3.64. The van der Waals surface area contributed by atoms with E-state index in [1.54, 1.807) is 18.1 Å². The van der Waals surface area contributed by atoms with Crippen molar-refractivity contribution in [3.8, 4) is 11.5 Å². The number of carbonyl (C=O) groups excluding carboxylic acids is 2. The van der Waals surface area contributed by atoms with Gasteiger partial charge in [-0.1, -0.05) is 18.2 Å². The highest BCUT2D eigenvalue weighted by molar-refractivity contribution is 5.95. The van der Waals surface area contributed by atoms with Crippen LogP contribution in [-0.2, 0) is 16.1 Å². The van der Waals surface area contributed by atoms with Crippen LogP contribution in [0.3, 0.4) is 0 Å². The molecule has 152 valence electrons. The molecule has 1 saturated heterocycles. The van der Waals surface area contributed by atoms with Crippen molar-refractivity contribution in [3.05, 3.63) is 59.7 Å². The Kier molecular flexibility index (Phi) is 6.89. The van der Waals surface area contributed by atoms with Gasteiger partial charge in [0.25, 0.3) is 0 Å². The predicted molar refractivity (Wildman–Crippen MR) is 113 cm³/mol. The molecule has 0 unspecified atom stereocenters. The number of nitrogens with zero attached hydrogens (tertiary/aromatic N) is 1. The monoisotopic (exact) mass is 394 g/mol. The molecule has 2 amide bonds. The second kappa shape index (κ2) is 9.78. The van der Waals surface area contributed by atoms with E-state index in [4.69, 9.17) is 9.47 Å². The van der Waals surface area contributed by atoms with Gasteiger partial charge in [-0.2, -0.15) is 0 Å². The number of methoxy groups -OCH3 is 1. The minimum Gasteiger partial charge on any atom is -0.493 e. The van der Waals surface area contributed by atoms with Crippen molar-refractivity contribution >= 4 is 23.6 Å². The van der Waals surface area contributed by atoms with Crippen molar-refractivity contribution in [3.63, 3.8) is 0 Å². The lowest BCUT2D eigenvalue weighted by Gasteiger charge is -2.15. The maximum atomic E-state index is 12.1. The molecule has 0 radical (unpaired) electrons. The molecule has 0 aromatic heterocycles. The van der Waals surface area contributed by atoms with Gasteiger partial charge in [-0.15, -0.1) is 0 Å². The van der Waals surface area contributed by atoms with Crippen molar-refractivity contribution in [2.45, 2.75) is 26.3 Å². The number of amides is 2. The van der Waals surface area contributed by atoms with Crippen LogP contribution in [0.5, 0.6) is 11.5 Å². The van der Waals surface area contributed by atoms with Crippen LogP contribution in [0.2, 0.25) is 0 Å². The summed E-state index contributed by atoms with van der Waals surface area (Å²) < 4.78 is 10.8. The summed E-state index contributed by atoms with van der Waals surface area (Å²) in [6.07, 6.45) is 4.75. The van der Waals surface area contributed by atoms with E-state index in [1.807, 2.05) is 49.4 Å². The molecule has 1 N–H and O–H groups in total. The second-order valence-electron chi connectivity index (χ2n) is 6.71. The summed E-state index contributed by atoms with van der Waals surface area (Å²) in [4.78, 5) is 25.7. The van der Waals surface area contributed by atoms with Crippen molar-refractivity contribution < 1.29 is 19.1 Å². The molecule has 0 saturated carbocycles. The van der Waals surface area contributed by atoms with Crippen molar-refractivity contribution in [2.75, 3.05) is 25.2 Å². The zero-order valence-corrected chi connectivity index (χ0v) is 16.8. The van der Waals surface area contributed by atoms with Gasteiger partial charge in [0.15, 0.2) is 11.5 Å². The van der Waals surface area contributed by atoms with Gasteiger partial charge in [-0.3, -0.25) is 9.59 Å². The van der Waals surface area contributed by atoms with Crippen LogP contribution in [0, 0.1) is 0 Å². The Labute approximate surface area is 171 Å². The topological polar surface area (TPSA) is 67.9 Å². The smallest absolute Gasteiger partial charge is 0.244 e. The molecule has 2 aromatic rings. The summed E-state index contributed by atoms with van der Waals surface area (Å²) in [5, 5.41) is 2.87. The quantitative estimate of drug-likeness (QED) is 0.696. The Morgan fingerprint density at radius 2 is 1.97 bits per heavy atom. The zero-order chi connectivity index (χ0) is 20.6. The van der Waals surface area contributed by atoms with Gasteiger partial charge in [0.05, 0.1) is 13.7 Å². The van der Waals surface area contributed by atoms with Crippen LogP contribution in [-0.4, -0.2) is 32.1 Å². The number of anilines is 1. The fourth-order valence-corrected chi connectivity index (χ4v) is 3.20. The predicted octanol–water partition coefficient (Wildman–Crippen LogP) is 3.55. The van der Waals surface area contributed by atoms with E-state index in [1.165, 1.54) is 6.08 Å². The van der Waals surface area contributed by atoms with Crippen molar-refractivity contribution in [1.29, 1.82) is 0 Å². The van der Waals surface area contributed by atoms with Gasteiger partial charge < -0.3 is 19.7 Å². The summed E-state index contributed by atoms with van der Waals surface area (Å²) in [5.41, 5.74) is 2.74. The lowest BCUT2D eigenvalue weighted by atomic mass is 10.1. The molecule has 1 aliphatic heterocycles. The highest BCUT2D eigenvalue weighted by Gasteiger charge is 2.21. The normalized spacial score (nSPS) is 13.7. The largest absolute Gasteiger partial charge is 0.493 e. The second-order valence-corrected chi connectivity index (χ2v) is 6.71. The van der Waals surface area contributed by atoms with E-state index in [2.05, 4.69) is 5.32 Å². The Balaban J connectivity index is 1.54. The van der Waals surface area contributed by atoms with E-state index in [-0.39, 0.29) is 11.8 Å². The van der Waals surface area contributed by atoms with Gasteiger partial charge in [-0.25, -0.2) is 0 Å². The average Bonchev–Trinajstić information content (AvgIpc) is 3.17. The van der Waals surface area contributed by atoms with E-state index in [9.17, 15) is 9.59 Å². The fraction of sp³-hybridized carbons (Fsp3) is 0.304. The number of benzene rings is 2. The molecular formula is C23H26N2O4. The van der Waals surface area contributed by atoms with Crippen molar-refractivity contribution in [1.82, 2.24) is 5.32 Å². The number of hydrogen-bond donors (Lipinski definition) is 1. The van der Waals surface area contributed by atoms with Crippen LogP contribution in [0.4, 0.5) is 5.69 Å². The molecular weight excluding hydrogens is 368 g/mol. The first-order chi connectivity index (χ1) is 14.1. The number of ether oxygens (including phenoxy) is 2. The Morgan fingerprint density at radius 1 is 1.17 bits per heavy atom. The molecule has 6 nitrogen and oxygen atoms in total. The molecule has 0 bridgehead atoms. The van der Waals surface area contributed by atoms with Gasteiger partial charge in [0.1, 0.15) is 0 Å². The maximum absolute atomic E-state index is 12.1. The lowest BCUT2D eigenvalue weighted by molar-refractivity contribution is -0.117. The first-order valence-corrected chi connectivity index (χ1v) is 9.76. The highest BCUT2D eigenvalue weighted by Crippen LogP contribution is 2.28. The van der Waals surface area contributed by atoms with Crippen LogP contribution in [0.25, 0.3) is 6.08 Å². The summed E-state index contributed by atoms with van der Waals surface area (Å²) in [6, 6.07) is 13.2. The molecule has 6 heteroatoms. The van der Waals surface area contributed by atoms with E-state index < -0.39 is 0 Å². The molecule has 0 spiro atoms. The molecule has 2 aromatic carbocycles. The molecule has 1 heterocycles. The molecule has 1 aliphatic rings. The highest BCUT2D eigenvalue weighted by atomic mass is 16.5. The lowest BCUT2D eigenvalue weighted by Crippen LogP contribution is -2.23. The number of hydrogen-bond acceptors (Lipinski definition) is 4. The third-order valence-corrected chi connectivity index (χ3v) is 4.70. The molecule has 29 heavy (non-hydrogen) atoms. The van der Waals surface area contributed by atoms with Crippen LogP contribution in [0.1, 0.15) is 30.9 Å². The van der Waals surface area contributed by atoms with Crippen LogP contribution in [0.15, 0.2) is 48.5 Å². The Morgan fingerprint density at radius 3 is 2.62 bits per heavy atom. The first-order valence-electron chi connectivity index (χ1n) is 9.76. The maximum Gasteiger partial charge on any atom is 0.244 e. The number of nitrogens with one attached hydrogen (secondary N) is 1. The molecule has 0 aliphatic carbocycles. The van der Waals surface area contributed by atoms with Gasteiger partial charge in [0, 0.05) is 31.3 Å². The van der Waals surface area contributed by atoms with Crippen LogP contribution >= 0.6 is 0 Å². The summed E-state index contributed by atoms with van der Waals surface area (Å²) >= 11 is 0. The van der Waals surface area contributed by atoms with E-state index in [0.29, 0.717) is 31.1 Å². The Hall–Kier alpha value is -3.28. The average molecular weight is 394 g/mol. The number of carbonyl (C=O) groups is 2. The van der Waals surface area contributed by atoms with Gasteiger partial charge in [0.2, 0.25) is 11.8 Å². The van der Waals surface area contributed by atoms with E-state index in [0.717, 1.165) is 29.8 Å².